The maximum Gasteiger partial charge on any atom is 0.306 e. The van der Waals surface area contributed by atoms with Crippen LogP contribution in [0.1, 0.15) is 271 Å². The van der Waals surface area contributed by atoms with Crippen molar-refractivity contribution in [3.63, 3.8) is 0 Å². The van der Waals surface area contributed by atoms with Gasteiger partial charge in [0, 0.05) is 19.3 Å². The van der Waals surface area contributed by atoms with E-state index in [-0.39, 0.29) is 31.1 Å². The van der Waals surface area contributed by atoms with Gasteiger partial charge in [-0.05, 0) is 103 Å². The van der Waals surface area contributed by atoms with Gasteiger partial charge in [-0.25, -0.2) is 0 Å². The fourth-order valence-electron chi connectivity index (χ4n) is 7.46. The van der Waals surface area contributed by atoms with Gasteiger partial charge in [0.25, 0.3) is 0 Å². The van der Waals surface area contributed by atoms with Crippen LogP contribution in [0.4, 0.5) is 0 Å². The molecule has 0 aliphatic rings. The number of esters is 3. The van der Waals surface area contributed by atoms with Crippen LogP contribution in [0.25, 0.3) is 0 Å². The van der Waals surface area contributed by atoms with Gasteiger partial charge in [0.2, 0.25) is 0 Å². The SMILES string of the molecule is CCCCC/C=C\C/C=C\CCCCCCCC(=O)OC[C@@H](COC(=O)CCCCCCC/C=C\CCCCCCC)OC(=O)CCCCCCC/C=C\CCCCCCCC. The third-order valence-electron chi connectivity index (χ3n) is 11.5. The summed E-state index contributed by atoms with van der Waals surface area (Å²) >= 11 is 0. The van der Waals surface area contributed by atoms with Crippen molar-refractivity contribution in [2.24, 2.45) is 0 Å². The minimum atomic E-state index is -0.785. The van der Waals surface area contributed by atoms with Gasteiger partial charge in [-0.3, -0.25) is 14.4 Å². The summed E-state index contributed by atoms with van der Waals surface area (Å²) < 4.78 is 16.8. The van der Waals surface area contributed by atoms with Gasteiger partial charge >= 0.3 is 17.9 Å². The van der Waals surface area contributed by atoms with E-state index in [9.17, 15) is 14.4 Å². The Kier molecular flexibility index (Phi) is 48.8. The highest BCUT2D eigenvalue weighted by Crippen LogP contribution is 2.14. The second-order valence-electron chi connectivity index (χ2n) is 17.8. The highest BCUT2D eigenvalue weighted by molar-refractivity contribution is 5.71. The fraction of sp³-hybridized carbons (Fsp3) is 0.804. The van der Waals surface area contributed by atoms with Gasteiger partial charge in [0.05, 0.1) is 0 Å². The van der Waals surface area contributed by atoms with E-state index in [1.54, 1.807) is 0 Å². The van der Waals surface area contributed by atoms with Crippen LogP contribution in [0.2, 0.25) is 0 Å². The van der Waals surface area contributed by atoms with E-state index in [0.717, 1.165) is 96.3 Å². The van der Waals surface area contributed by atoms with E-state index >= 15 is 0 Å². The molecular formula is C56H100O6. The molecular weight excluding hydrogens is 769 g/mol. The van der Waals surface area contributed by atoms with Crippen molar-refractivity contribution >= 4 is 17.9 Å². The Morgan fingerprint density at radius 2 is 0.581 bits per heavy atom. The molecule has 0 bridgehead atoms. The Bertz CT molecular complexity index is 1090. The van der Waals surface area contributed by atoms with Crippen molar-refractivity contribution in [3.8, 4) is 0 Å². The summed E-state index contributed by atoms with van der Waals surface area (Å²) in [6, 6.07) is 0. The third kappa shape index (κ3) is 48.4. The minimum Gasteiger partial charge on any atom is -0.462 e. The first-order valence-electron chi connectivity index (χ1n) is 26.6. The molecule has 0 aliphatic carbocycles. The molecule has 0 fully saturated rings. The number of rotatable bonds is 48. The van der Waals surface area contributed by atoms with E-state index in [1.807, 2.05) is 0 Å². The van der Waals surface area contributed by atoms with E-state index in [2.05, 4.69) is 69.4 Å². The van der Waals surface area contributed by atoms with Crippen LogP contribution in [0.3, 0.4) is 0 Å². The number of unbranched alkanes of at least 4 members (excludes halogenated alkanes) is 29. The fourth-order valence-corrected chi connectivity index (χ4v) is 7.46. The maximum absolute atomic E-state index is 12.8. The van der Waals surface area contributed by atoms with Crippen LogP contribution in [0.15, 0.2) is 48.6 Å². The molecule has 0 aliphatic heterocycles. The summed E-state index contributed by atoms with van der Waals surface area (Å²) in [6.45, 7) is 6.58. The normalized spacial score (nSPS) is 12.4. The van der Waals surface area contributed by atoms with E-state index in [4.69, 9.17) is 14.2 Å². The molecule has 0 saturated heterocycles. The molecule has 0 saturated carbocycles. The first kappa shape index (κ1) is 59.4. The zero-order chi connectivity index (χ0) is 45.1. The number of carbonyl (C=O) groups excluding carboxylic acids is 3. The molecule has 0 aromatic carbocycles. The molecule has 6 heteroatoms. The lowest BCUT2D eigenvalue weighted by molar-refractivity contribution is -0.167. The predicted molar refractivity (Wildman–Crippen MR) is 265 cm³/mol. The van der Waals surface area contributed by atoms with Gasteiger partial charge in [0.1, 0.15) is 13.2 Å². The molecule has 1 atom stereocenters. The maximum atomic E-state index is 12.8. The smallest absolute Gasteiger partial charge is 0.306 e. The summed E-state index contributed by atoms with van der Waals surface area (Å²) in [4.78, 5) is 38.0. The average molecular weight is 869 g/mol. The second kappa shape index (κ2) is 51.0. The lowest BCUT2D eigenvalue weighted by atomic mass is 10.1. The van der Waals surface area contributed by atoms with Gasteiger partial charge in [0.15, 0.2) is 6.10 Å². The monoisotopic (exact) mass is 869 g/mol. The number of ether oxygens (including phenoxy) is 3. The molecule has 0 radical (unpaired) electrons. The first-order valence-corrected chi connectivity index (χ1v) is 26.6. The lowest BCUT2D eigenvalue weighted by Crippen LogP contribution is -2.30. The largest absolute Gasteiger partial charge is 0.462 e. The van der Waals surface area contributed by atoms with Crippen LogP contribution in [0, 0.1) is 0 Å². The van der Waals surface area contributed by atoms with E-state index in [0.29, 0.717) is 19.3 Å². The van der Waals surface area contributed by atoms with Gasteiger partial charge in [-0.1, -0.05) is 198 Å². The highest BCUT2D eigenvalue weighted by Gasteiger charge is 2.19. The highest BCUT2D eigenvalue weighted by atomic mass is 16.6. The molecule has 0 N–H and O–H groups in total. The summed E-state index contributed by atoms with van der Waals surface area (Å²) in [5.74, 6) is -0.907. The Balaban J connectivity index is 4.42. The molecule has 360 valence electrons. The van der Waals surface area contributed by atoms with E-state index in [1.165, 1.54) is 135 Å². The molecule has 0 aromatic rings. The Labute approximate surface area is 384 Å². The predicted octanol–water partition coefficient (Wildman–Crippen LogP) is 17.5. The molecule has 0 unspecified atom stereocenters. The number of hydrogen-bond donors (Lipinski definition) is 0. The molecule has 0 spiro atoms. The number of allylic oxidation sites excluding steroid dienone is 8. The second-order valence-corrected chi connectivity index (χ2v) is 17.8. The summed E-state index contributed by atoms with van der Waals surface area (Å²) in [7, 11) is 0. The van der Waals surface area contributed by atoms with Crippen molar-refractivity contribution in [1.29, 1.82) is 0 Å². The van der Waals surface area contributed by atoms with Gasteiger partial charge in [-0.2, -0.15) is 0 Å². The van der Waals surface area contributed by atoms with Crippen LogP contribution < -0.4 is 0 Å². The van der Waals surface area contributed by atoms with Crippen molar-refractivity contribution in [2.75, 3.05) is 13.2 Å². The average Bonchev–Trinajstić information content (AvgIpc) is 3.27. The number of hydrogen-bond acceptors (Lipinski definition) is 6. The Morgan fingerprint density at radius 3 is 0.935 bits per heavy atom. The summed E-state index contributed by atoms with van der Waals surface area (Å²) in [5, 5.41) is 0. The van der Waals surface area contributed by atoms with Crippen molar-refractivity contribution in [1.82, 2.24) is 0 Å². The quantitative estimate of drug-likeness (QED) is 0.0262. The standard InChI is InChI=1S/C56H100O6/c1-4-7-10-13-16-19-22-25-28-31-34-37-40-43-46-49-55(58)61-52-53(51-60-54(57)48-45-42-39-36-33-30-27-24-21-18-15-12-9-6-3)62-56(59)50-47-44-41-38-35-32-29-26-23-20-17-14-11-8-5-2/h16,19,24-29,53H,4-15,17-18,20-23,30-52H2,1-3H3/b19-16-,27-24-,28-25-,29-26-/t53-/m1/s1. The summed E-state index contributed by atoms with van der Waals surface area (Å²) in [6.07, 6.45) is 60.9. The van der Waals surface area contributed by atoms with Crippen LogP contribution in [0.5, 0.6) is 0 Å². The van der Waals surface area contributed by atoms with Crippen LogP contribution in [-0.2, 0) is 28.6 Å². The molecule has 0 rings (SSSR count). The van der Waals surface area contributed by atoms with Crippen molar-refractivity contribution < 1.29 is 28.6 Å². The van der Waals surface area contributed by atoms with Crippen LogP contribution >= 0.6 is 0 Å². The third-order valence-corrected chi connectivity index (χ3v) is 11.5. The van der Waals surface area contributed by atoms with E-state index < -0.39 is 6.10 Å². The van der Waals surface area contributed by atoms with Gasteiger partial charge < -0.3 is 14.2 Å². The summed E-state index contributed by atoms with van der Waals surface area (Å²) in [5.41, 5.74) is 0. The topological polar surface area (TPSA) is 78.9 Å². The lowest BCUT2D eigenvalue weighted by Gasteiger charge is -2.18. The zero-order valence-corrected chi connectivity index (χ0v) is 41.1. The minimum absolute atomic E-state index is 0.0845. The van der Waals surface area contributed by atoms with Crippen LogP contribution in [-0.4, -0.2) is 37.2 Å². The van der Waals surface area contributed by atoms with Crippen molar-refractivity contribution in [3.05, 3.63) is 48.6 Å². The zero-order valence-electron chi connectivity index (χ0n) is 41.1. The molecule has 0 aromatic heterocycles. The Hall–Kier alpha value is -2.63. The molecule has 0 heterocycles. The molecule has 62 heavy (non-hydrogen) atoms. The number of carbonyl (C=O) groups is 3. The Morgan fingerprint density at radius 1 is 0.323 bits per heavy atom. The first-order chi connectivity index (χ1) is 30.5. The molecule has 0 amide bonds. The van der Waals surface area contributed by atoms with Gasteiger partial charge in [-0.15, -0.1) is 0 Å². The van der Waals surface area contributed by atoms with Crippen molar-refractivity contribution in [2.45, 2.75) is 277 Å². The molecule has 6 nitrogen and oxygen atoms in total.